The zero-order valence-corrected chi connectivity index (χ0v) is 11.6. The summed E-state index contributed by atoms with van der Waals surface area (Å²) in [6.07, 6.45) is -0.125. The van der Waals surface area contributed by atoms with Gasteiger partial charge in [0.25, 0.3) is 0 Å². The second-order valence-corrected chi connectivity index (χ2v) is 5.93. The molecule has 1 aromatic rings. The summed E-state index contributed by atoms with van der Waals surface area (Å²) in [5.41, 5.74) is 1.17. The molecule has 0 aromatic heterocycles. The van der Waals surface area contributed by atoms with Crippen molar-refractivity contribution in [3.8, 4) is 11.8 Å². The van der Waals surface area contributed by atoms with Crippen LogP contribution in [-0.2, 0) is 21.3 Å². The minimum atomic E-state index is -1.27. The molecule has 0 amide bonds. The number of ether oxygens (including phenoxy) is 1. The number of aliphatic carboxylic acids is 1. The molecule has 0 bridgehead atoms. The monoisotopic (exact) mass is 281 g/mol. The Morgan fingerprint density at radius 3 is 2.79 bits per heavy atom. The third-order valence-corrected chi connectivity index (χ3v) is 4.29. The molecular weight excluding hydrogens is 266 g/mol. The fraction of sp³-hybridized carbons (Fsp3) is 0.385. The zero-order chi connectivity index (χ0) is 14.4. The third kappa shape index (κ3) is 4.38. The number of rotatable bonds is 6. The van der Waals surface area contributed by atoms with Gasteiger partial charge in [0.15, 0.2) is 0 Å². The van der Waals surface area contributed by atoms with Crippen molar-refractivity contribution in [1.29, 1.82) is 5.26 Å². The van der Waals surface area contributed by atoms with E-state index in [-0.39, 0.29) is 12.2 Å². The van der Waals surface area contributed by atoms with E-state index in [1.807, 2.05) is 6.07 Å². The van der Waals surface area contributed by atoms with Gasteiger partial charge in [0.2, 0.25) is 0 Å². The summed E-state index contributed by atoms with van der Waals surface area (Å²) < 4.78 is 17.0. The Hall–Kier alpha value is -1.87. The van der Waals surface area contributed by atoms with Gasteiger partial charge in [0.1, 0.15) is 11.8 Å². The van der Waals surface area contributed by atoms with Gasteiger partial charge in [0.05, 0.1) is 19.1 Å². The van der Waals surface area contributed by atoms with E-state index in [9.17, 15) is 9.00 Å². The van der Waals surface area contributed by atoms with Crippen molar-refractivity contribution in [2.45, 2.75) is 24.3 Å². The van der Waals surface area contributed by atoms with E-state index in [0.717, 1.165) is 5.56 Å². The molecule has 0 heterocycles. The second-order valence-electron chi connectivity index (χ2n) is 4.08. The molecule has 0 radical (unpaired) electrons. The first-order valence-corrected chi connectivity index (χ1v) is 7.02. The zero-order valence-electron chi connectivity index (χ0n) is 10.8. The largest absolute Gasteiger partial charge is 0.495 e. The number of hydrogen-bond donors (Lipinski definition) is 1. The predicted molar refractivity (Wildman–Crippen MR) is 71.3 cm³/mol. The summed E-state index contributed by atoms with van der Waals surface area (Å²) in [4.78, 5) is 10.6. The lowest BCUT2D eigenvalue weighted by Gasteiger charge is -2.10. The van der Waals surface area contributed by atoms with Gasteiger partial charge in [-0.2, -0.15) is 5.26 Å². The number of benzene rings is 1. The van der Waals surface area contributed by atoms with Crippen LogP contribution >= 0.6 is 0 Å². The molecule has 0 fully saturated rings. The van der Waals surface area contributed by atoms with Crippen LogP contribution in [0.1, 0.15) is 24.5 Å². The predicted octanol–water partition coefficient (Wildman–Crippen LogP) is 1.68. The molecule has 6 heteroatoms. The van der Waals surface area contributed by atoms with Crippen LogP contribution in [0.3, 0.4) is 0 Å². The fourth-order valence-corrected chi connectivity index (χ4v) is 2.68. The van der Waals surface area contributed by atoms with Crippen LogP contribution in [0.25, 0.3) is 0 Å². The van der Waals surface area contributed by atoms with Crippen LogP contribution < -0.4 is 4.74 Å². The Morgan fingerprint density at radius 2 is 2.26 bits per heavy atom. The number of hydrogen-bond acceptors (Lipinski definition) is 4. The average molecular weight is 281 g/mol. The lowest BCUT2D eigenvalue weighted by molar-refractivity contribution is -0.136. The molecule has 102 valence electrons. The van der Waals surface area contributed by atoms with Crippen molar-refractivity contribution < 1.29 is 18.8 Å². The highest BCUT2D eigenvalue weighted by Crippen LogP contribution is 2.21. The van der Waals surface area contributed by atoms with E-state index in [4.69, 9.17) is 15.1 Å². The van der Waals surface area contributed by atoms with E-state index < -0.39 is 22.0 Å². The van der Waals surface area contributed by atoms with E-state index in [2.05, 4.69) is 0 Å². The van der Waals surface area contributed by atoms with Crippen molar-refractivity contribution in [1.82, 2.24) is 0 Å². The maximum absolute atomic E-state index is 11.9. The first-order valence-electron chi connectivity index (χ1n) is 5.64. The Bertz CT molecular complexity index is 536. The molecule has 0 saturated carbocycles. The average Bonchev–Trinajstić information content (AvgIpc) is 2.37. The van der Waals surface area contributed by atoms with Gasteiger partial charge in [0, 0.05) is 21.8 Å². The van der Waals surface area contributed by atoms with E-state index >= 15 is 0 Å². The quantitative estimate of drug-likeness (QED) is 0.857. The van der Waals surface area contributed by atoms with Crippen molar-refractivity contribution in [2.24, 2.45) is 0 Å². The van der Waals surface area contributed by atoms with Gasteiger partial charge in [-0.25, -0.2) is 0 Å². The number of nitrogens with zero attached hydrogens (tertiary/aromatic N) is 1. The highest BCUT2D eigenvalue weighted by Gasteiger charge is 2.16. The SMILES string of the molecule is COc1cc(CS(=O)C(C)CC(=O)O)ccc1C#N. The molecule has 0 aliphatic carbocycles. The molecule has 1 aromatic carbocycles. The smallest absolute Gasteiger partial charge is 0.304 e. The van der Waals surface area contributed by atoms with Crippen LogP contribution in [0, 0.1) is 11.3 Å². The Kier molecular flexibility index (Phi) is 5.52. The van der Waals surface area contributed by atoms with Crippen LogP contribution in [0.5, 0.6) is 5.75 Å². The van der Waals surface area contributed by atoms with Crippen LogP contribution in [-0.4, -0.2) is 27.6 Å². The highest BCUT2D eigenvalue weighted by molar-refractivity contribution is 7.84. The molecule has 1 N–H and O–H groups in total. The molecule has 1 rings (SSSR count). The summed E-state index contributed by atoms with van der Waals surface area (Å²) >= 11 is 0. The van der Waals surface area contributed by atoms with Crippen molar-refractivity contribution in [2.75, 3.05) is 7.11 Å². The Labute approximate surface area is 114 Å². The fourth-order valence-electron chi connectivity index (χ4n) is 1.56. The highest BCUT2D eigenvalue weighted by atomic mass is 32.2. The van der Waals surface area contributed by atoms with Crippen LogP contribution in [0.4, 0.5) is 0 Å². The molecule has 2 unspecified atom stereocenters. The summed E-state index contributed by atoms with van der Waals surface area (Å²) in [6, 6.07) is 6.96. The van der Waals surface area contributed by atoms with Crippen LogP contribution in [0.2, 0.25) is 0 Å². The number of carboxylic acid groups (broad SMARTS) is 1. The van der Waals surface area contributed by atoms with Crippen molar-refractivity contribution in [3.05, 3.63) is 29.3 Å². The lowest BCUT2D eigenvalue weighted by Crippen LogP contribution is -2.17. The molecule has 19 heavy (non-hydrogen) atoms. The van der Waals surface area contributed by atoms with Gasteiger partial charge >= 0.3 is 5.97 Å². The summed E-state index contributed by atoms with van der Waals surface area (Å²) in [6.45, 7) is 1.64. The lowest BCUT2D eigenvalue weighted by atomic mass is 10.1. The molecule has 0 saturated heterocycles. The number of nitriles is 1. The first-order chi connectivity index (χ1) is 8.97. The first kappa shape index (κ1) is 15.2. The summed E-state index contributed by atoms with van der Waals surface area (Å²) in [7, 11) is 0.188. The second kappa shape index (κ2) is 6.90. The van der Waals surface area contributed by atoms with Crippen LogP contribution in [0.15, 0.2) is 18.2 Å². The summed E-state index contributed by atoms with van der Waals surface area (Å²) in [5, 5.41) is 17.1. The standard InChI is InChI=1S/C13H15NO4S/c1-9(5-13(15)16)19(17)8-10-3-4-11(7-14)12(6-10)18-2/h3-4,6,9H,5,8H2,1-2H3,(H,15,16). The minimum absolute atomic E-state index is 0.125. The Balaban J connectivity index is 2.80. The maximum Gasteiger partial charge on any atom is 0.304 e. The Morgan fingerprint density at radius 1 is 1.58 bits per heavy atom. The topological polar surface area (TPSA) is 87.4 Å². The van der Waals surface area contributed by atoms with E-state index in [0.29, 0.717) is 11.3 Å². The molecule has 0 aliphatic heterocycles. The minimum Gasteiger partial charge on any atom is -0.495 e. The number of methoxy groups -OCH3 is 1. The molecular formula is C13H15NO4S. The van der Waals surface area contributed by atoms with Gasteiger partial charge in [-0.15, -0.1) is 0 Å². The third-order valence-electron chi connectivity index (χ3n) is 2.61. The van der Waals surface area contributed by atoms with E-state index in [1.54, 1.807) is 25.1 Å². The van der Waals surface area contributed by atoms with Crippen molar-refractivity contribution >= 4 is 16.8 Å². The normalized spacial score (nSPS) is 13.3. The van der Waals surface area contributed by atoms with Crippen molar-refractivity contribution in [3.63, 3.8) is 0 Å². The van der Waals surface area contributed by atoms with Gasteiger partial charge < -0.3 is 9.84 Å². The number of carbonyl (C=O) groups is 1. The molecule has 0 spiro atoms. The summed E-state index contributed by atoms with van der Waals surface area (Å²) in [5.74, 6) is -0.280. The van der Waals surface area contributed by atoms with E-state index in [1.165, 1.54) is 7.11 Å². The molecule has 2 atom stereocenters. The van der Waals surface area contributed by atoms with Gasteiger partial charge in [-0.3, -0.25) is 9.00 Å². The van der Waals surface area contributed by atoms with Gasteiger partial charge in [-0.05, 0) is 17.7 Å². The molecule has 0 aliphatic rings. The van der Waals surface area contributed by atoms with Gasteiger partial charge in [-0.1, -0.05) is 13.0 Å². The number of carboxylic acids is 1. The maximum atomic E-state index is 11.9. The molecule has 5 nitrogen and oxygen atoms in total.